The number of fused-ring (bicyclic) bond motifs is 2. The van der Waals surface area contributed by atoms with Crippen molar-refractivity contribution < 1.29 is 4.52 Å². The fourth-order valence-electron chi connectivity index (χ4n) is 4.20. The molecule has 4 nitrogen and oxygen atoms in total. The van der Waals surface area contributed by atoms with Gasteiger partial charge in [-0.2, -0.15) is 4.98 Å². The Balaban J connectivity index is 1.54. The summed E-state index contributed by atoms with van der Waals surface area (Å²) in [6, 6.07) is 0. The van der Waals surface area contributed by atoms with E-state index in [0.29, 0.717) is 11.8 Å². The summed E-state index contributed by atoms with van der Waals surface area (Å²) in [5, 5.41) is 4.26. The lowest BCUT2D eigenvalue weighted by Gasteiger charge is -2.17. The van der Waals surface area contributed by atoms with E-state index < -0.39 is 0 Å². The molecule has 0 amide bonds. The van der Waals surface area contributed by atoms with Crippen molar-refractivity contribution in [1.29, 1.82) is 0 Å². The number of hydrogen-bond donors (Lipinski definition) is 1. The van der Waals surface area contributed by atoms with E-state index in [1.54, 1.807) is 0 Å². The maximum absolute atomic E-state index is 5.64. The molecular formula is C16H27N3O. The first-order valence-corrected chi connectivity index (χ1v) is 8.32. The van der Waals surface area contributed by atoms with E-state index >= 15 is 0 Å². The van der Waals surface area contributed by atoms with Crippen LogP contribution >= 0.6 is 0 Å². The molecular weight excluding hydrogens is 250 g/mol. The highest BCUT2D eigenvalue weighted by Gasteiger charge is 2.42. The molecule has 1 aromatic rings. The number of nitrogens with two attached hydrogens (primary N) is 1. The molecule has 0 saturated heterocycles. The van der Waals surface area contributed by atoms with Crippen LogP contribution in [0.3, 0.4) is 0 Å². The largest absolute Gasteiger partial charge is 0.339 e. The highest BCUT2D eigenvalue weighted by molar-refractivity contribution is 5.06. The fraction of sp³-hybridized carbons (Fsp3) is 0.875. The summed E-state index contributed by atoms with van der Waals surface area (Å²) < 4.78 is 5.47. The van der Waals surface area contributed by atoms with E-state index in [-0.39, 0.29) is 0 Å². The van der Waals surface area contributed by atoms with Crippen LogP contribution in [0.25, 0.3) is 0 Å². The molecule has 0 spiro atoms. The summed E-state index contributed by atoms with van der Waals surface area (Å²) in [5.41, 5.74) is 5.64. The van der Waals surface area contributed by atoms with Crippen molar-refractivity contribution >= 4 is 0 Å². The molecule has 4 atom stereocenters. The summed E-state index contributed by atoms with van der Waals surface area (Å²) in [5.74, 6) is 4.85. The van der Waals surface area contributed by atoms with Crippen LogP contribution in [0.15, 0.2) is 4.52 Å². The molecule has 4 heteroatoms. The normalized spacial score (nSPS) is 30.0. The Morgan fingerprint density at radius 3 is 2.85 bits per heavy atom. The first-order chi connectivity index (χ1) is 9.80. The Morgan fingerprint density at radius 2 is 2.20 bits per heavy atom. The van der Waals surface area contributed by atoms with Crippen molar-refractivity contribution in [2.75, 3.05) is 6.54 Å². The Labute approximate surface area is 121 Å². The average molecular weight is 277 g/mol. The average Bonchev–Trinajstić information content (AvgIpc) is 3.18. The van der Waals surface area contributed by atoms with Crippen molar-refractivity contribution in [2.24, 2.45) is 23.5 Å². The molecule has 3 rings (SSSR count). The quantitative estimate of drug-likeness (QED) is 0.830. The van der Waals surface area contributed by atoms with Gasteiger partial charge < -0.3 is 10.3 Å². The van der Waals surface area contributed by atoms with Crippen LogP contribution in [-0.4, -0.2) is 16.7 Å². The van der Waals surface area contributed by atoms with E-state index in [4.69, 9.17) is 10.3 Å². The minimum atomic E-state index is 0.581. The Morgan fingerprint density at radius 1 is 1.30 bits per heavy atom. The van der Waals surface area contributed by atoms with Gasteiger partial charge in [0.15, 0.2) is 5.82 Å². The molecule has 20 heavy (non-hydrogen) atoms. The molecule has 2 aliphatic carbocycles. The highest BCUT2D eigenvalue weighted by atomic mass is 16.5. The van der Waals surface area contributed by atoms with Gasteiger partial charge in [-0.25, -0.2) is 0 Å². The molecule has 112 valence electrons. The summed E-state index contributed by atoms with van der Waals surface area (Å²) in [4.78, 5) is 4.67. The van der Waals surface area contributed by atoms with Crippen molar-refractivity contribution in [3.05, 3.63) is 11.7 Å². The predicted molar refractivity (Wildman–Crippen MR) is 78.3 cm³/mol. The zero-order valence-electron chi connectivity index (χ0n) is 12.6. The van der Waals surface area contributed by atoms with Crippen LogP contribution in [0.1, 0.15) is 69.5 Å². The maximum Gasteiger partial charge on any atom is 0.226 e. The number of aromatic nitrogens is 2. The number of rotatable bonds is 7. The summed E-state index contributed by atoms with van der Waals surface area (Å²) in [7, 11) is 0. The Bertz CT molecular complexity index is 431. The van der Waals surface area contributed by atoms with Crippen LogP contribution in [0.2, 0.25) is 0 Å². The number of nitrogens with zero attached hydrogens (tertiary/aromatic N) is 2. The van der Waals surface area contributed by atoms with E-state index in [1.807, 2.05) is 0 Å². The maximum atomic E-state index is 5.64. The molecule has 2 bridgehead atoms. The van der Waals surface area contributed by atoms with Crippen LogP contribution < -0.4 is 5.73 Å². The fourth-order valence-corrected chi connectivity index (χ4v) is 4.20. The van der Waals surface area contributed by atoms with Gasteiger partial charge in [-0.15, -0.1) is 0 Å². The molecule has 0 aliphatic heterocycles. The molecule has 0 aromatic carbocycles. The molecule has 1 aromatic heterocycles. The smallest absolute Gasteiger partial charge is 0.226 e. The van der Waals surface area contributed by atoms with E-state index in [2.05, 4.69) is 17.1 Å². The Hall–Kier alpha value is -0.900. The van der Waals surface area contributed by atoms with Gasteiger partial charge in [0.2, 0.25) is 5.89 Å². The van der Waals surface area contributed by atoms with Gasteiger partial charge in [0.05, 0.1) is 0 Å². The zero-order chi connectivity index (χ0) is 13.9. The lowest BCUT2D eigenvalue weighted by Crippen LogP contribution is -2.10. The third kappa shape index (κ3) is 2.90. The van der Waals surface area contributed by atoms with Crippen LogP contribution in [0, 0.1) is 17.8 Å². The van der Waals surface area contributed by atoms with E-state index in [1.165, 1.54) is 32.1 Å². The number of aryl methyl sites for hydroxylation is 1. The second kappa shape index (κ2) is 6.25. The van der Waals surface area contributed by atoms with Crippen LogP contribution in [0.5, 0.6) is 0 Å². The zero-order valence-corrected chi connectivity index (χ0v) is 12.6. The van der Waals surface area contributed by atoms with Gasteiger partial charge in [-0.1, -0.05) is 24.9 Å². The summed E-state index contributed by atoms with van der Waals surface area (Å²) >= 11 is 0. The molecule has 2 aliphatic rings. The summed E-state index contributed by atoms with van der Waals surface area (Å²) in [6.07, 6.45) is 9.78. The minimum Gasteiger partial charge on any atom is -0.339 e. The molecule has 4 unspecified atom stereocenters. The molecule has 2 N–H and O–H groups in total. The second-order valence-corrected chi connectivity index (χ2v) is 6.72. The second-order valence-electron chi connectivity index (χ2n) is 6.72. The van der Waals surface area contributed by atoms with Crippen molar-refractivity contribution in [1.82, 2.24) is 10.1 Å². The minimum absolute atomic E-state index is 0.581. The lowest BCUT2D eigenvalue weighted by molar-refractivity contribution is 0.339. The van der Waals surface area contributed by atoms with E-state index in [0.717, 1.165) is 49.4 Å². The third-order valence-corrected chi connectivity index (χ3v) is 5.47. The van der Waals surface area contributed by atoms with Gasteiger partial charge in [-0.3, -0.25) is 0 Å². The van der Waals surface area contributed by atoms with Gasteiger partial charge in [0, 0.05) is 12.3 Å². The standard InChI is InChI=1S/C16H27N3O/c1-2-11(7-8-17)4-6-15-18-16(19-20-15)14-10-12-3-5-13(14)9-12/h11-14H,2-10,17H2,1H3. The topological polar surface area (TPSA) is 64.9 Å². The van der Waals surface area contributed by atoms with Gasteiger partial charge in [-0.05, 0) is 56.4 Å². The molecule has 2 saturated carbocycles. The monoisotopic (exact) mass is 277 g/mol. The van der Waals surface area contributed by atoms with Gasteiger partial charge in [0.1, 0.15) is 0 Å². The first-order valence-electron chi connectivity index (χ1n) is 8.32. The predicted octanol–water partition coefficient (Wildman–Crippen LogP) is 3.28. The number of hydrogen-bond acceptors (Lipinski definition) is 4. The first kappa shape index (κ1) is 14.1. The van der Waals surface area contributed by atoms with Gasteiger partial charge >= 0.3 is 0 Å². The Kier molecular flexibility index (Phi) is 4.39. The summed E-state index contributed by atoms with van der Waals surface area (Å²) in [6.45, 7) is 3.01. The van der Waals surface area contributed by atoms with Crippen LogP contribution in [-0.2, 0) is 6.42 Å². The van der Waals surface area contributed by atoms with Crippen molar-refractivity contribution in [3.8, 4) is 0 Å². The highest BCUT2D eigenvalue weighted by Crippen LogP contribution is 2.52. The van der Waals surface area contributed by atoms with Gasteiger partial charge in [0.25, 0.3) is 0 Å². The van der Waals surface area contributed by atoms with Crippen molar-refractivity contribution in [3.63, 3.8) is 0 Å². The van der Waals surface area contributed by atoms with Crippen LogP contribution in [0.4, 0.5) is 0 Å². The SMILES string of the molecule is CCC(CCN)CCc1nc(C2CC3CCC2C3)no1. The van der Waals surface area contributed by atoms with E-state index in [9.17, 15) is 0 Å². The third-order valence-electron chi connectivity index (χ3n) is 5.47. The molecule has 2 fully saturated rings. The van der Waals surface area contributed by atoms with Crippen molar-refractivity contribution in [2.45, 2.75) is 64.2 Å². The lowest BCUT2D eigenvalue weighted by atomic mass is 9.88. The molecule has 0 radical (unpaired) electrons. The molecule has 1 heterocycles.